The number of rotatable bonds is 5. The average molecular weight is 460 g/mol. The number of fused-ring (bicyclic) bond motifs is 1. The molecule has 5 nitrogen and oxygen atoms in total. The van der Waals surface area contributed by atoms with Gasteiger partial charge in [-0.2, -0.15) is 0 Å². The summed E-state index contributed by atoms with van der Waals surface area (Å²) in [5, 5.41) is 3.90. The summed E-state index contributed by atoms with van der Waals surface area (Å²) in [5.74, 6) is 0.618. The van der Waals surface area contributed by atoms with Crippen molar-refractivity contribution in [2.24, 2.45) is 0 Å². The molecule has 0 bridgehead atoms. The van der Waals surface area contributed by atoms with Crippen LogP contribution in [0, 0.1) is 12.7 Å². The molecule has 1 aliphatic heterocycles. The van der Waals surface area contributed by atoms with Gasteiger partial charge in [0.25, 0.3) is 0 Å². The number of hydrogen-bond donors (Lipinski definition) is 1. The van der Waals surface area contributed by atoms with Gasteiger partial charge in [0.2, 0.25) is 0 Å². The first kappa shape index (κ1) is 21.5. The minimum absolute atomic E-state index is 0.298. The van der Waals surface area contributed by atoms with Crippen molar-refractivity contribution < 1.29 is 4.39 Å². The molecule has 0 saturated carbocycles. The number of aromatic nitrogens is 3. The highest BCUT2D eigenvalue weighted by molar-refractivity contribution is 6.30. The molecule has 1 N–H and O–H groups in total. The molecule has 0 atom stereocenters. The fourth-order valence-corrected chi connectivity index (χ4v) is 4.25. The molecule has 2 aromatic heterocycles. The molecule has 0 amide bonds. The molecule has 7 heteroatoms. The average Bonchev–Trinajstić information content (AvgIpc) is 2.83. The lowest BCUT2D eigenvalue weighted by Gasteiger charge is -2.30. The van der Waals surface area contributed by atoms with E-state index in [1.54, 1.807) is 18.5 Å². The van der Waals surface area contributed by atoms with Crippen LogP contribution in [-0.4, -0.2) is 26.4 Å². The maximum atomic E-state index is 14.6. The zero-order valence-electron chi connectivity index (χ0n) is 18.2. The molecule has 0 saturated heterocycles. The van der Waals surface area contributed by atoms with Gasteiger partial charge in [0.15, 0.2) is 5.82 Å². The summed E-state index contributed by atoms with van der Waals surface area (Å²) in [6.45, 7) is 4.40. The molecular formula is C26H23ClFN5. The van der Waals surface area contributed by atoms with Crippen LogP contribution in [0.15, 0.2) is 67.0 Å². The second-order valence-electron chi connectivity index (χ2n) is 8.21. The highest BCUT2D eigenvalue weighted by Gasteiger charge is 2.24. The van der Waals surface area contributed by atoms with Crippen molar-refractivity contribution in [1.29, 1.82) is 0 Å². The quantitative estimate of drug-likeness (QED) is 0.400. The molecule has 0 spiro atoms. The number of halogens is 2. The molecular weight excluding hydrogens is 437 g/mol. The van der Waals surface area contributed by atoms with Crippen LogP contribution in [0.25, 0.3) is 11.4 Å². The molecule has 0 aliphatic carbocycles. The van der Waals surface area contributed by atoms with E-state index in [0.29, 0.717) is 28.8 Å². The number of anilines is 2. The van der Waals surface area contributed by atoms with Crippen LogP contribution >= 0.6 is 11.6 Å². The second kappa shape index (κ2) is 9.25. The number of pyridine rings is 1. The topological polar surface area (TPSA) is 53.9 Å². The van der Waals surface area contributed by atoms with Crippen molar-refractivity contribution in [3.05, 3.63) is 100 Å². The van der Waals surface area contributed by atoms with Crippen LogP contribution in [0.1, 0.15) is 22.4 Å². The first-order chi connectivity index (χ1) is 16.1. The Kier molecular flexibility index (Phi) is 6.03. The lowest BCUT2D eigenvalue weighted by Crippen LogP contribution is -2.31. The Bertz CT molecular complexity index is 1300. The van der Waals surface area contributed by atoms with Crippen LogP contribution < -0.4 is 5.32 Å². The van der Waals surface area contributed by atoms with Crippen LogP contribution in [0.4, 0.5) is 15.9 Å². The van der Waals surface area contributed by atoms with Crippen molar-refractivity contribution in [1.82, 2.24) is 19.9 Å². The smallest absolute Gasteiger partial charge is 0.164 e. The summed E-state index contributed by atoms with van der Waals surface area (Å²) >= 11 is 6.15. The fourth-order valence-electron chi connectivity index (χ4n) is 4.08. The Hall–Kier alpha value is -3.35. The van der Waals surface area contributed by atoms with E-state index in [2.05, 4.69) is 39.5 Å². The third-order valence-corrected chi connectivity index (χ3v) is 6.07. The highest BCUT2D eigenvalue weighted by Crippen LogP contribution is 2.32. The van der Waals surface area contributed by atoms with E-state index in [0.717, 1.165) is 42.0 Å². The van der Waals surface area contributed by atoms with Gasteiger partial charge in [-0.3, -0.25) is 9.88 Å². The summed E-state index contributed by atoms with van der Waals surface area (Å²) < 4.78 is 14.6. The maximum Gasteiger partial charge on any atom is 0.164 e. The van der Waals surface area contributed by atoms with Crippen LogP contribution in [0.5, 0.6) is 0 Å². The predicted molar refractivity (Wildman–Crippen MR) is 129 cm³/mol. The number of aryl methyl sites for hydroxylation is 1. The number of nitrogens with zero attached hydrogens (tertiary/aromatic N) is 4. The van der Waals surface area contributed by atoms with Crippen LogP contribution in [0.3, 0.4) is 0 Å². The molecule has 3 heterocycles. The number of nitrogens with one attached hydrogen (secondary N) is 1. The van der Waals surface area contributed by atoms with Crippen molar-refractivity contribution in [2.75, 3.05) is 11.9 Å². The maximum absolute atomic E-state index is 14.6. The fraction of sp³-hybridized carbons (Fsp3) is 0.192. The summed E-state index contributed by atoms with van der Waals surface area (Å²) in [6, 6.07) is 16.8. The predicted octanol–water partition coefficient (Wildman–Crippen LogP) is 5.94. The first-order valence-electron chi connectivity index (χ1n) is 10.9. The van der Waals surface area contributed by atoms with Crippen molar-refractivity contribution in [3.63, 3.8) is 0 Å². The molecule has 5 rings (SSSR count). The lowest BCUT2D eigenvalue weighted by molar-refractivity contribution is 0.243. The second-order valence-corrected chi connectivity index (χ2v) is 8.64. The lowest BCUT2D eigenvalue weighted by atomic mass is 10.0. The van der Waals surface area contributed by atoms with Crippen LogP contribution in [-0.2, 0) is 19.5 Å². The Morgan fingerprint density at radius 3 is 2.76 bits per heavy atom. The van der Waals surface area contributed by atoms with Gasteiger partial charge in [-0.05, 0) is 42.3 Å². The van der Waals surface area contributed by atoms with Gasteiger partial charge in [0.05, 0.1) is 11.3 Å². The first-order valence-corrected chi connectivity index (χ1v) is 11.2. The molecule has 1 aliphatic rings. The summed E-state index contributed by atoms with van der Waals surface area (Å²) in [6.07, 6.45) is 4.29. The minimum Gasteiger partial charge on any atom is -0.340 e. The largest absolute Gasteiger partial charge is 0.340 e. The van der Waals surface area contributed by atoms with E-state index in [1.807, 2.05) is 19.1 Å². The van der Waals surface area contributed by atoms with Gasteiger partial charge in [-0.1, -0.05) is 41.9 Å². The van der Waals surface area contributed by atoms with Crippen molar-refractivity contribution in [3.8, 4) is 11.4 Å². The van der Waals surface area contributed by atoms with Gasteiger partial charge in [-0.25, -0.2) is 14.4 Å². The van der Waals surface area contributed by atoms with Gasteiger partial charge < -0.3 is 5.32 Å². The van der Waals surface area contributed by atoms with Gasteiger partial charge in [0.1, 0.15) is 11.6 Å². The molecule has 0 fully saturated rings. The number of benzene rings is 2. The van der Waals surface area contributed by atoms with E-state index in [1.165, 1.54) is 17.7 Å². The SMILES string of the molecule is Cc1cnccc1Nc1nc(-c2cc(Cl)ccc2F)nc2c1CN(Cc1ccccc1)CC2. The van der Waals surface area contributed by atoms with Crippen molar-refractivity contribution in [2.45, 2.75) is 26.4 Å². The standard InChI is InChI=1S/C26H23ClFN5/c1-17-14-29-11-9-23(17)30-26-21-16-33(15-18-5-3-2-4-6-18)12-10-24(21)31-25(32-26)20-13-19(27)7-8-22(20)28/h2-9,11,13-14H,10,12,15-16H2,1H3,(H,29,30,31,32). The van der Waals surface area contributed by atoms with Gasteiger partial charge in [-0.15, -0.1) is 0 Å². The molecule has 4 aromatic rings. The zero-order chi connectivity index (χ0) is 22.8. The zero-order valence-corrected chi connectivity index (χ0v) is 19.0. The third-order valence-electron chi connectivity index (χ3n) is 5.83. The summed E-state index contributed by atoms with van der Waals surface area (Å²) in [7, 11) is 0. The Labute approximate surface area is 197 Å². The van der Waals surface area contributed by atoms with Gasteiger partial charge >= 0.3 is 0 Å². The normalized spacial score (nSPS) is 13.5. The van der Waals surface area contributed by atoms with Crippen molar-refractivity contribution >= 4 is 23.1 Å². The molecule has 33 heavy (non-hydrogen) atoms. The monoisotopic (exact) mass is 459 g/mol. The molecule has 0 radical (unpaired) electrons. The Morgan fingerprint density at radius 2 is 1.94 bits per heavy atom. The summed E-state index contributed by atoms with van der Waals surface area (Å²) in [4.78, 5) is 16.1. The van der Waals surface area contributed by atoms with E-state index in [4.69, 9.17) is 21.6 Å². The van der Waals surface area contributed by atoms with Crippen LogP contribution in [0.2, 0.25) is 5.02 Å². The van der Waals surface area contributed by atoms with E-state index >= 15 is 0 Å². The molecule has 166 valence electrons. The van der Waals surface area contributed by atoms with E-state index in [9.17, 15) is 4.39 Å². The Morgan fingerprint density at radius 1 is 1.09 bits per heavy atom. The Balaban J connectivity index is 1.55. The number of hydrogen-bond acceptors (Lipinski definition) is 5. The minimum atomic E-state index is -0.396. The highest BCUT2D eigenvalue weighted by atomic mass is 35.5. The third kappa shape index (κ3) is 4.72. The molecule has 0 unspecified atom stereocenters. The van der Waals surface area contributed by atoms with E-state index < -0.39 is 5.82 Å². The summed E-state index contributed by atoms with van der Waals surface area (Å²) in [5.41, 5.74) is 5.42. The van der Waals surface area contributed by atoms with E-state index in [-0.39, 0.29) is 0 Å². The molecule has 2 aromatic carbocycles. The van der Waals surface area contributed by atoms with Gasteiger partial charge in [0, 0.05) is 54.7 Å².